The molecule has 0 spiro atoms. The van der Waals surface area contributed by atoms with E-state index in [4.69, 9.17) is 11.6 Å². The quantitative estimate of drug-likeness (QED) is 0.358. The number of rotatable bonds is 5. The smallest absolute Gasteiger partial charge is 0.138 e. The Balaban J connectivity index is 1.33. The van der Waals surface area contributed by atoms with Crippen molar-refractivity contribution >= 4 is 45.7 Å². The zero-order chi connectivity index (χ0) is 22.4. The van der Waals surface area contributed by atoms with E-state index in [1.165, 1.54) is 42.8 Å². The number of thioether (sulfide) groups is 1. The topological polar surface area (TPSA) is 65.0 Å². The second-order valence-electron chi connectivity index (χ2n) is 8.97. The standard InChI is InChI=1S/C25H25ClN4OS2/c26-19-12-27-23-18(22(19)21-13-28-24(33-21)25(31)7-10-32-15-25)11-20(29-23)17-5-3-16(4-6-17)14-30-8-1-2-9-30/h3-6,11-13,31H,1-2,7-10,14-15H2,(H,27,29). The molecule has 33 heavy (non-hydrogen) atoms. The third kappa shape index (κ3) is 4.10. The van der Waals surface area contributed by atoms with Gasteiger partial charge in [-0.25, -0.2) is 9.97 Å². The Morgan fingerprint density at radius 2 is 1.94 bits per heavy atom. The van der Waals surface area contributed by atoms with Crippen molar-refractivity contribution in [1.29, 1.82) is 0 Å². The van der Waals surface area contributed by atoms with Crippen molar-refractivity contribution in [2.24, 2.45) is 0 Å². The molecule has 1 unspecified atom stereocenters. The van der Waals surface area contributed by atoms with Gasteiger partial charge in [0.1, 0.15) is 16.3 Å². The molecule has 2 saturated heterocycles. The van der Waals surface area contributed by atoms with Crippen LogP contribution >= 0.6 is 34.7 Å². The molecule has 2 aliphatic heterocycles. The number of H-pyrrole nitrogens is 1. The van der Waals surface area contributed by atoms with E-state index in [0.717, 1.165) is 56.5 Å². The summed E-state index contributed by atoms with van der Waals surface area (Å²) in [6.07, 6.45) is 6.89. The summed E-state index contributed by atoms with van der Waals surface area (Å²) in [6.45, 7) is 3.43. The normalized spacial score (nSPS) is 21.4. The Labute approximate surface area is 206 Å². The Bertz CT molecular complexity index is 1290. The van der Waals surface area contributed by atoms with Gasteiger partial charge in [-0.1, -0.05) is 35.9 Å². The molecule has 1 atom stereocenters. The van der Waals surface area contributed by atoms with Crippen molar-refractivity contribution in [3.05, 3.63) is 58.3 Å². The van der Waals surface area contributed by atoms with Crippen LogP contribution in [0.5, 0.6) is 0 Å². The van der Waals surface area contributed by atoms with Gasteiger partial charge in [-0.3, -0.25) is 4.90 Å². The van der Waals surface area contributed by atoms with Crippen LogP contribution in [0.15, 0.2) is 42.7 Å². The molecule has 2 N–H and O–H groups in total. The van der Waals surface area contributed by atoms with Crippen LogP contribution in [0.25, 0.3) is 32.7 Å². The monoisotopic (exact) mass is 496 g/mol. The van der Waals surface area contributed by atoms with Gasteiger partial charge in [0.05, 0.1) is 9.90 Å². The van der Waals surface area contributed by atoms with Gasteiger partial charge in [-0.05, 0) is 55.3 Å². The van der Waals surface area contributed by atoms with E-state index >= 15 is 0 Å². The molecular formula is C25H25ClN4OS2. The van der Waals surface area contributed by atoms with Gasteiger partial charge >= 0.3 is 0 Å². The van der Waals surface area contributed by atoms with Crippen molar-refractivity contribution in [3.63, 3.8) is 0 Å². The summed E-state index contributed by atoms with van der Waals surface area (Å²) in [6, 6.07) is 10.9. The second kappa shape index (κ2) is 8.71. The maximum absolute atomic E-state index is 10.9. The summed E-state index contributed by atoms with van der Waals surface area (Å²) in [5.74, 6) is 1.66. The molecule has 170 valence electrons. The van der Waals surface area contributed by atoms with Crippen LogP contribution in [0, 0.1) is 0 Å². The van der Waals surface area contributed by atoms with Crippen molar-refractivity contribution in [3.8, 4) is 21.7 Å². The molecule has 8 heteroatoms. The number of pyridine rings is 1. The number of aliphatic hydroxyl groups is 1. The highest BCUT2D eigenvalue weighted by molar-refractivity contribution is 7.99. The number of fused-ring (bicyclic) bond motifs is 1. The predicted molar refractivity (Wildman–Crippen MR) is 138 cm³/mol. The van der Waals surface area contributed by atoms with Gasteiger partial charge in [0.25, 0.3) is 0 Å². The first-order valence-electron chi connectivity index (χ1n) is 11.3. The van der Waals surface area contributed by atoms with E-state index in [-0.39, 0.29) is 0 Å². The summed E-state index contributed by atoms with van der Waals surface area (Å²) in [5.41, 5.74) is 4.39. The average molecular weight is 497 g/mol. The molecule has 0 amide bonds. The number of aromatic amines is 1. The number of likely N-dealkylation sites (tertiary alicyclic amines) is 1. The number of nitrogens with zero attached hydrogens (tertiary/aromatic N) is 3. The maximum atomic E-state index is 10.9. The van der Waals surface area contributed by atoms with Crippen molar-refractivity contribution in [1.82, 2.24) is 19.9 Å². The van der Waals surface area contributed by atoms with E-state index in [2.05, 4.69) is 50.2 Å². The van der Waals surface area contributed by atoms with E-state index in [1.807, 2.05) is 6.20 Å². The largest absolute Gasteiger partial charge is 0.382 e. The lowest BCUT2D eigenvalue weighted by atomic mass is 10.1. The Morgan fingerprint density at radius 1 is 1.12 bits per heavy atom. The first-order valence-corrected chi connectivity index (χ1v) is 13.7. The molecule has 1 aromatic carbocycles. The minimum absolute atomic E-state index is 0.594. The summed E-state index contributed by atoms with van der Waals surface area (Å²) >= 11 is 9.93. The Morgan fingerprint density at radius 3 is 2.70 bits per heavy atom. The molecule has 0 radical (unpaired) electrons. The zero-order valence-electron chi connectivity index (χ0n) is 18.2. The van der Waals surface area contributed by atoms with Crippen LogP contribution in [0.2, 0.25) is 5.02 Å². The molecule has 2 fully saturated rings. The number of hydrogen-bond acceptors (Lipinski definition) is 6. The summed E-state index contributed by atoms with van der Waals surface area (Å²) < 4.78 is 0. The number of halogens is 1. The molecule has 0 saturated carbocycles. The SMILES string of the molecule is OC1(c2ncc(-c3c(Cl)cnc4[nH]c(-c5ccc(CN6CCCC6)cc5)cc34)s2)CCSC1. The number of hydrogen-bond donors (Lipinski definition) is 2. The fourth-order valence-corrected chi connectivity index (χ4v) is 7.52. The maximum Gasteiger partial charge on any atom is 0.138 e. The lowest BCUT2D eigenvalue weighted by Crippen LogP contribution is -2.24. The zero-order valence-corrected chi connectivity index (χ0v) is 20.6. The van der Waals surface area contributed by atoms with Gasteiger partial charge in [-0.15, -0.1) is 11.3 Å². The van der Waals surface area contributed by atoms with Crippen LogP contribution in [0.1, 0.15) is 29.8 Å². The van der Waals surface area contributed by atoms with E-state index in [1.54, 1.807) is 18.0 Å². The number of nitrogens with one attached hydrogen (secondary N) is 1. The van der Waals surface area contributed by atoms with Gasteiger partial charge in [0.15, 0.2) is 0 Å². The van der Waals surface area contributed by atoms with Gasteiger partial charge in [-0.2, -0.15) is 11.8 Å². The molecule has 5 heterocycles. The van der Waals surface area contributed by atoms with Crippen LogP contribution in [-0.4, -0.2) is 49.6 Å². The first-order chi connectivity index (χ1) is 16.1. The highest BCUT2D eigenvalue weighted by Crippen LogP contribution is 2.43. The van der Waals surface area contributed by atoms with Crippen molar-refractivity contribution in [2.75, 3.05) is 24.6 Å². The fourth-order valence-electron chi connectivity index (χ4n) is 4.77. The number of benzene rings is 1. The lowest BCUT2D eigenvalue weighted by Gasteiger charge is -2.17. The molecule has 6 rings (SSSR count). The summed E-state index contributed by atoms with van der Waals surface area (Å²) in [4.78, 5) is 16.0. The molecule has 5 nitrogen and oxygen atoms in total. The third-order valence-corrected chi connectivity index (χ3v) is 9.30. The molecular weight excluding hydrogens is 472 g/mol. The van der Waals surface area contributed by atoms with E-state index < -0.39 is 5.60 Å². The average Bonchev–Trinajstić information content (AvgIpc) is 3.61. The van der Waals surface area contributed by atoms with E-state index in [0.29, 0.717) is 10.8 Å². The molecule has 0 aliphatic carbocycles. The molecule has 2 aliphatic rings. The van der Waals surface area contributed by atoms with Gasteiger partial charge in [0, 0.05) is 41.3 Å². The minimum Gasteiger partial charge on any atom is -0.382 e. The minimum atomic E-state index is -0.827. The number of thiazole rings is 1. The second-order valence-corrected chi connectivity index (χ2v) is 11.5. The Kier molecular flexibility index (Phi) is 5.71. The van der Waals surface area contributed by atoms with E-state index in [9.17, 15) is 5.11 Å². The fraction of sp³-hybridized carbons (Fsp3) is 0.360. The third-order valence-electron chi connectivity index (χ3n) is 6.63. The molecule has 3 aromatic heterocycles. The predicted octanol–water partition coefficient (Wildman–Crippen LogP) is 5.93. The van der Waals surface area contributed by atoms with Crippen LogP contribution in [-0.2, 0) is 12.1 Å². The first kappa shape index (κ1) is 21.6. The highest BCUT2D eigenvalue weighted by atomic mass is 35.5. The van der Waals surface area contributed by atoms with Gasteiger partial charge < -0.3 is 10.1 Å². The lowest BCUT2D eigenvalue weighted by molar-refractivity contribution is 0.0655. The molecule has 4 aromatic rings. The highest BCUT2D eigenvalue weighted by Gasteiger charge is 2.36. The number of aromatic nitrogens is 3. The summed E-state index contributed by atoms with van der Waals surface area (Å²) in [7, 11) is 0. The van der Waals surface area contributed by atoms with Crippen molar-refractivity contribution in [2.45, 2.75) is 31.4 Å². The molecule has 0 bridgehead atoms. The van der Waals surface area contributed by atoms with Crippen LogP contribution in [0.3, 0.4) is 0 Å². The van der Waals surface area contributed by atoms with Crippen LogP contribution < -0.4 is 0 Å². The summed E-state index contributed by atoms with van der Waals surface area (Å²) in [5, 5.41) is 13.3. The van der Waals surface area contributed by atoms with Crippen molar-refractivity contribution < 1.29 is 5.11 Å². The van der Waals surface area contributed by atoms with Crippen LogP contribution in [0.4, 0.5) is 0 Å². The Hall–Kier alpha value is -1.90. The van der Waals surface area contributed by atoms with Gasteiger partial charge in [0.2, 0.25) is 0 Å².